The number of aromatic nitrogens is 1. The number of amides is 2. The highest BCUT2D eigenvalue weighted by Crippen LogP contribution is 2.22. The first-order valence-corrected chi connectivity index (χ1v) is 9.97. The Labute approximate surface area is 158 Å². The first kappa shape index (κ1) is 18.8. The molecule has 1 N–H and O–H groups in total. The lowest BCUT2D eigenvalue weighted by Gasteiger charge is -2.34. The van der Waals surface area contributed by atoms with Gasteiger partial charge in [0.05, 0.1) is 21.8 Å². The van der Waals surface area contributed by atoms with Crippen LogP contribution in [0.2, 0.25) is 0 Å². The van der Waals surface area contributed by atoms with Gasteiger partial charge >= 0.3 is 0 Å². The minimum absolute atomic E-state index is 0.0515. The zero-order valence-corrected chi connectivity index (χ0v) is 16.2. The Morgan fingerprint density at radius 1 is 1.19 bits per heavy atom. The number of nitrogens with one attached hydrogen (secondary N) is 1. The van der Waals surface area contributed by atoms with Crippen molar-refractivity contribution in [3.63, 3.8) is 0 Å². The molecule has 2 amide bonds. The maximum Gasteiger partial charge on any atom is 0.234 e. The Morgan fingerprint density at radius 2 is 1.92 bits per heavy atom. The molecule has 0 radical (unpaired) electrons. The molecule has 1 aliphatic heterocycles. The van der Waals surface area contributed by atoms with E-state index in [1.54, 1.807) is 11.3 Å². The van der Waals surface area contributed by atoms with Crippen molar-refractivity contribution in [3.8, 4) is 0 Å². The number of piperazine rings is 1. The van der Waals surface area contributed by atoms with Gasteiger partial charge in [0.25, 0.3) is 0 Å². The normalized spacial score (nSPS) is 15.6. The van der Waals surface area contributed by atoms with Gasteiger partial charge in [0, 0.05) is 45.1 Å². The zero-order chi connectivity index (χ0) is 18.5. The Kier molecular flexibility index (Phi) is 6.21. The van der Waals surface area contributed by atoms with Gasteiger partial charge in [-0.05, 0) is 26.0 Å². The number of carbonyl (C=O) groups is 2. The SMILES string of the molecule is CC(C)NC(=O)CN1CCN(C(=O)CCc2nc3ccccc3s2)CC1. The minimum atomic E-state index is 0.0515. The van der Waals surface area contributed by atoms with Crippen LogP contribution in [0.5, 0.6) is 0 Å². The lowest BCUT2D eigenvalue weighted by Crippen LogP contribution is -2.51. The highest BCUT2D eigenvalue weighted by Gasteiger charge is 2.22. The van der Waals surface area contributed by atoms with E-state index in [4.69, 9.17) is 0 Å². The average molecular weight is 375 g/mol. The van der Waals surface area contributed by atoms with Crippen LogP contribution in [0, 0.1) is 0 Å². The molecule has 1 saturated heterocycles. The first-order chi connectivity index (χ1) is 12.5. The molecular weight excluding hydrogens is 348 g/mol. The van der Waals surface area contributed by atoms with Crippen LogP contribution in [0.25, 0.3) is 10.2 Å². The molecule has 0 aliphatic carbocycles. The molecule has 0 atom stereocenters. The summed E-state index contributed by atoms with van der Waals surface area (Å²) < 4.78 is 1.17. The highest BCUT2D eigenvalue weighted by atomic mass is 32.1. The second-order valence-corrected chi connectivity index (χ2v) is 8.07. The Balaban J connectivity index is 1.42. The topological polar surface area (TPSA) is 65.5 Å². The molecule has 26 heavy (non-hydrogen) atoms. The van der Waals surface area contributed by atoms with Gasteiger partial charge < -0.3 is 10.2 Å². The smallest absolute Gasteiger partial charge is 0.234 e. The molecular formula is C19H26N4O2S. The summed E-state index contributed by atoms with van der Waals surface area (Å²) in [6.45, 7) is 7.20. The van der Waals surface area contributed by atoms with Crippen molar-refractivity contribution in [1.29, 1.82) is 0 Å². The van der Waals surface area contributed by atoms with Gasteiger partial charge in [0.2, 0.25) is 11.8 Å². The molecule has 1 aliphatic rings. The third-order valence-corrected chi connectivity index (χ3v) is 5.53. The van der Waals surface area contributed by atoms with Crippen molar-refractivity contribution < 1.29 is 9.59 Å². The van der Waals surface area contributed by atoms with Gasteiger partial charge in [0.15, 0.2) is 0 Å². The number of rotatable bonds is 6. The van der Waals surface area contributed by atoms with Crippen molar-refractivity contribution in [3.05, 3.63) is 29.3 Å². The quantitative estimate of drug-likeness (QED) is 0.839. The van der Waals surface area contributed by atoms with E-state index in [0.29, 0.717) is 32.5 Å². The molecule has 1 aromatic carbocycles. The molecule has 0 bridgehead atoms. The molecule has 6 nitrogen and oxygen atoms in total. The number of thiazole rings is 1. The lowest BCUT2D eigenvalue weighted by molar-refractivity contribution is -0.133. The van der Waals surface area contributed by atoms with Crippen LogP contribution in [0.15, 0.2) is 24.3 Å². The number of carbonyl (C=O) groups excluding carboxylic acids is 2. The Hall–Kier alpha value is -1.99. The van der Waals surface area contributed by atoms with Crippen LogP contribution in [-0.4, -0.2) is 65.4 Å². The van der Waals surface area contributed by atoms with E-state index in [1.807, 2.05) is 36.9 Å². The molecule has 1 aromatic heterocycles. The van der Waals surface area contributed by atoms with Gasteiger partial charge in [-0.1, -0.05) is 12.1 Å². The third kappa shape index (κ3) is 5.02. The average Bonchev–Trinajstić information content (AvgIpc) is 3.02. The summed E-state index contributed by atoms with van der Waals surface area (Å²) in [6, 6.07) is 8.22. The molecule has 1 fully saturated rings. The van der Waals surface area contributed by atoms with E-state index in [1.165, 1.54) is 4.70 Å². The number of nitrogens with zero attached hydrogens (tertiary/aromatic N) is 3. The Bertz CT molecular complexity index is 733. The fourth-order valence-electron chi connectivity index (χ4n) is 3.12. The molecule has 140 valence electrons. The van der Waals surface area contributed by atoms with Crippen LogP contribution < -0.4 is 5.32 Å². The molecule has 7 heteroatoms. The molecule has 3 rings (SSSR count). The second-order valence-electron chi connectivity index (χ2n) is 6.95. The summed E-state index contributed by atoms with van der Waals surface area (Å²) in [5.41, 5.74) is 1.01. The number of benzene rings is 1. The third-order valence-electron chi connectivity index (χ3n) is 4.43. The maximum absolute atomic E-state index is 12.5. The fraction of sp³-hybridized carbons (Fsp3) is 0.526. The fourth-order valence-corrected chi connectivity index (χ4v) is 4.09. The van der Waals surface area contributed by atoms with Gasteiger partial charge in [-0.15, -0.1) is 11.3 Å². The second kappa shape index (κ2) is 8.60. The summed E-state index contributed by atoms with van der Waals surface area (Å²) in [4.78, 5) is 32.9. The summed E-state index contributed by atoms with van der Waals surface area (Å²) >= 11 is 1.66. The van der Waals surface area contributed by atoms with Crippen molar-refractivity contribution >= 4 is 33.4 Å². The number of hydrogen-bond donors (Lipinski definition) is 1. The van der Waals surface area contributed by atoms with Gasteiger partial charge in [-0.2, -0.15) is 0 Å². The summed E-state index contributed by atoms with van der Waals surface area (Å²) in [6.07, 6.45) is 1.18. The van der Waals surface area contributed by atoms with Crippen LogP contribution in [-0.2, 0) is 16.0 Å². The van der Waals surface area contributed by atoms with Crippen molar-refractivity contribution in [2.75, 3.05) is 32.7 Å². The number of hydrogen-bond acceptors (Lipinski definition) is 5. The monoisotopic (exact) mass is 374 g/mol. The zero-order valence-electron chi connectivity index (χ0n) is 15.4. The molecule has 0 spiro atoms. The van der Waals surface area contributed by atoms with Crippen molar-refractivity contribution in [2.24, 2.45) is 0 Å². The van der Waals surface area contributed by atoms with E-state index in [9.17, 15) is 9.59 Å². The van der Waals surface area contributed by atoms with Gasteiger partial charge in [-0.25, -0.2) is 4.98 Å². The van der Waals surface area contributed by atoms with Crippen molar-refractivity contribution in [1.82, 2.24) is 20.1 Å². The van der Waals surface area contributed by atoms with Crippen LogP contribution in [0.3, 0.4) is 0 Å². The van der Waals surface area contributed by atoms with Gasteiger partial charge in [0.1, 0.15) is 0 Å². The van der Waals surface area contributed by atoms with Crippen LogP contribution in [0.4, 0.5) is 0 Å². The standard InChI is InChI=1S/C19H26N4O2S/c1-14(2)20-17(24)13-22-9-11-23(12-10-22)19(25)8-7-18-21-15-5-3-4-6-16(15)26-18/h3-6,14H,7-13H2,1-2H3,(H,20,24). The summed E-state index contributed by atoms with van der Waals surface area (Å²) in [5.74, 6) is 0.228. The van der Waals surface area contributed by atoms with E-state index in [-0.39, 0.29) is 17.9 Å². The van der Waals surface area contributed by atoms with E-state index < -0.39 is 0 Å². The Morgan fingerprint density at radius 3 is 2.62 bits per heavy atom. The highest BCUT2D eigenvalue weighted by molar-refractivity contribution is 7.18. The largest absolute Gasteiger partial charge is 0.353 e. The predicted octanol–water partition coefficient (Wildman–Crippen LogP) is 1.90. The van der Waals surface area contributed by atoms with Crippen molar-refractivity contribution in [2.45, 2.75) is 32.7 Å². The van der Waals surface area contributed by atoms with E-state index in [0.717, 1.165) is 23.6 Å². The molecule has 2 aromatic rings. The van der Waals surface area contributed by atoms with E-state index in [2.05, 4.69) is 21.3 Å². The van der Waals surface area contributed by atoms with E-state index >= 15 is 0 Å². The molecule has 0 unspecified atom stereocenters. The van der Waals surface area contributed by atoms with Crippen LogP contribution in [0.1, 0.15) is 25.3 Å². The summed E-state index contributed by atoms with van der Waals surface area (Å²) in [5, 5.41) is 3.92. The lowest BCUT2D eigenvalue weighted by atomic mass is 10.2. The van der Waals surface area contributed by atoms with Gasteiger partial charge in [-0.3, -0.25) is 14.5 Å². The maximum atomic E-state index is 12.5. The summed E-state index contributed by atoms with van der Waals surface area (Å²) in [7, 11) is 0. The minimum Gasteiger partial charge on any atom is -0.353 e. The number of fused-ring (bicyclic) bond motifs is 1. The number of para-hydroxylation sites is 1. The predicted molar refractivity (Wildman–Crippen MR) is 104 cm³/mol. The first-order valence-electron chi connectivity index (χ1n) is 9.15. The molecule has 2 heterocycles. The number of aryl methyl sites for hydroxylation is 1. The molecule has 0 saturated carbocycles. The van der Waals surface area contributed by atoms with Crippen LogP contribution >= 0.6 is 11.3 Å².